The molecule has 0 amide bonds. The first-order valence-corrected chi connectivity index (χ1v) is 14.1. The molecule has 0 fully saturated rings. The third kappa shape index (κ3) is 31.6. The molecule has 0 aliphatic heterocycles. The number of alkyl halides is 6. The van der Waals surface area contributed by atoms with Crippen LogP contribution >= 0.6 is 7.82 Å². The van der Waals surface area contributed by atoms with E-state index in [4.69, 9.17) is 19.2 Å². The van der Waals surface area contributed by atoms with Crippen LogP contribution in [0.25, 0.3) is 5.32 Å². The van der Waals surface area contributed by atoms with Crippen molar-refractivity contribution in [2.75, 3.05) is 0 Å². The van der Waals surface area contributed by atoms with Crippen molar-refractivity contribution in [2.24, 2.45) is 0 Å². The second kappa shape index (κ2) is 18.8. The van der Waals surface area contributed by atoms with Crippen molar-refractivity contribution in [3.63, 3.8) is 0 Å². The van der Waals surface area contributed by atoms with Gasteiger partial charge in [-0.2, -0.15) is 26.3 Å². The normalized spacial score (nSPS) is 13.2. The lowest BCUT2D eigenvalue weighted by Gasteiger charge is -2.50. The Bertz CT molecular complexity index is 529. The Labute approximate surface area is 206 Å². The summed E-state index contributed by atoms with van der Waals surface area (Å²) in [4.78, 5) is 21.6. The number of phosphoric acid groups is 1. The molecule has 0 aliphatic rings. The highest BCUT2D eigenvalue weighted by Crippen LogP contribution is 2.44. The highest BCUT2D eigenvalue weighted by atomic mass is 31.2. The fourth-order valence-electron chi connectivity index (χ4n) is 4.16. The quantitative estimate of drug-likeness (QED) is 0.0912. The van der Waals surface area contributed by atoms with E-state index < -0.39 is 44.6 Å². The Balaban J connectivity index is 0. The molecular formula is C23H45F6NO4P-. The summed E-state index contributed by atoms with van der Waals surface area (Å²) >= 11 is 0. The summed E-state index contributed by atoms with van der Waals surface area (Å²) in [7, 11) is -4.64. The van der Waals surface area contributed by atoms with Crippen molar-refractivity contribution in [3.05, 3.63) is 5.32 Å². The topological polar surface area (TPSA) is 91.9 Å². The van der Waals surface area contributed by atoms with E-state index in [2.05, 4.69) is 12.2 Å². The van der Waals surface area contributed by atoms with Crippen molar-refractivity contribution in [1.82, 2.24) is 0 Å². The van der Waals surface area contributed by atoms with Crippen LogP contribution in [0.15, 0.2) is 0 Å². The molecule has 12 heteroatoms. The average Bonchev–Trinajstić information content (AvgIpc) is 2.60. The highest BCUT2D eigenvalue weighted by molar-refractivity contribution is 7.45. The first-order valence-electron chi connectivity index (χ1n) is 12.5. The van der Waals surface area contributed by atoms with E-state index in [1.54, 1.807) is 0 Å². The van der Waals surface area contributed by atoms with Gasteiger partial charge in [0.25, 0.3) is 0 Å². The van der Waals surface area contributed by atoms with Gasteiger partial charge in [-0.1, -0.05) is 111 Å². The molecule has 0 aromatic rings. The van der Waals surface area contributed by atoms with E-state index in [0.29, 0.717) is 12.8 Å². The fraction of sp³-hybridized carbons (Fsp3) is 1.00. The Morgan fingerprint density at radius 2 is 0.943 bits per heavy atom. The first-order chi connectivity index (χ1) is 15.9. The number of nitrogens with zero attached hydrogens (tertiary/aromatic N) is 1. The minimum atomic E-state index is -4.67. The Kier molecular flexibility index (Phi) is 19.8. The molecule has 35 heavy (non-hydrogen) atoms. The molecule has 0 saturated carbocycles. The van der Waals surface area contributed by atoms with Crippen molar-refractivity contribution in [3.8, 4) is 0 Å². The first kappa shape index (κ1) is 36.8. The third-order valence-corrected chi connectivity index (χ3v) is 5.34. The molecule has 0 unspecified atom stereocenters. The molecule has 214 valence electrons. The zero-order chi connectivity index (χ0) is 27.6. The molecule has 0 heterocycles. The van der Waals surface area contributed by atoms with E-state index in [1.165, 1.54) is 58.8 Å². The SMILES string of the molecule is CCCCCCCCCCCCCCCC(CC(F)(F)F)(CC(F)(F)F)[N-]C(C)C.O=P(O)(O)O. The molecule has 5 nitrogen and oxygen atoms in total. The van der Waals surface area contributed by atoms with E-state index >= 15 is 0 Å². The molecule has 0 saturated heterocycles. The van der Waals surface area contributed by atoms with Gasteiger partial charge in [0.05, 0.1) is 0 Å². The predicted octanol–water partition coefficient (Wildman–Crippen LogP) is 8.96. The van der Waals surface area contributed by atoms with Crippen LogP contribution in [0.1, 0.15) is 124 Å². The number of halogens is 6. The monoisotopic (exact) mass is 544 g/mol. The molecule has 0 bridgehead atoms. The standard InChI is InChI=1S/C23H42F6N.H3O4P/c1-4-5-6-7-8-9-10-11-12-13-14-15-16-17-21(30-20(2)3,18-22(24,25)26)19-23(27,28)29;1-5(2,3)4/h20H,4-19H2,1-3H3;(H3,1,2,3,4)/q-1;. The zero-order valence-electron chi connectivity index (χ0n) is 21.3. The van der Waals surface area contributed by atoms with Gasteiger partial charge < -0.3 is 20.0 Å². The largest absolute Gasteiger partial charge is 0.654 e. The summed E-state index contributed by atoms with van der Waals surface area (Å²) in [6.07, 6.45) is 1.47. The molecule has 0 aromatic carbocycles. The zero-order valence-corrected chi connectivity index (χ0v) is 22.2. The van der Waals surface area contributed by atoms with Gasteiger partial charge >= 0.3 is 20.2 Å². The summed E-state index contributed by atoms with van der Waals surface area (Å²) in [5.74, 6) is 0. The third-order valence-electron chi connectivity index (χ3n) is 5.34. The maximum Gasteiger partial charge on any atom is 0.466 e. The molecule has 3 N–H and O–H groups in total. The number of hydrogen-bond acceptors (Lipinski definition) is 1. The van der Waals surface area contributed by atoms with Gasteiger partial charge in [0, 0.05) is 12.8 Å². The Hall–Kier alpha value is -0.350. The predicted molar refractivity (Wildman–Crippen MR) is 127 cm³/mol. The second-order valence-electron chi connectivity index (χ2n) is 9.54. The summed E-state index contributed by atoms with van der Waals surface area (Å²) in [5.41, 5.74) is -2.09. The van der Waals surface area contributed by atoms with Gasteiger partial charge in [-0.05, 0) is 0 Å². The molecule has 0 aliphatic carbocycles. The maximum absolute atomic E-state index is 13.0. The lowest BCUT2D eigenvalue weighted by Crippen LogP contribution is -2.40. The van der Waals surface area contributed by atoms with Crippen LogP contribution in [0, 0.1) is 0 Å². The number of rotatable bonds is 18. The molecule has 0 aromatic heterocycles. The van der Waals surface area contributed by atoms with Crippen LogP contribution in [0.4, 0.5) is 26.3 Å². The molecule has 0 rings (SSSR count). The molecule has 0 spiro atoms. The molecule has 0 radical (unpaired) electrons. The highest BCUT2D eigenvalue weighted by Gasteiger charge is 2.43. The van der Waals surface area contributed by atoms with Crippen molar-refractivity contribution in [2.45, 2.75) is 147 Å². The van der Waals surface area contributed by atoms with Crippen LogP contribution in [-0.4, -0.2) is 38.6 Å². The molecular weight excluding hydrogens is 499 g/mol. The summed E-state index contributed by atoms with van der Waals surface area (Å²) in [5, 5.41) is 3.93. The summed E-state index contributed by atoms with van der Waals surface area (Å²) < 4.78 is 87.0. The Morgan fingerprint density at radius 1 is 0.657 bits per heavy atom. The summed E-state index contributed by atoms with van der Waals surface area (Å²) in [6.45, 7) is 5.27. The molecule has 0 atom stereocenters. The summed E-state index contributed by atoms with van der Waals surface area (Å²) in [6, 6.07) is -0.573. The van der Waals surface area contributed by atoms with Crippen molar-refractivity contribution < 1.29 is 45.6 Å². The van der Waals surface area contributed by atoms with Gasteiger partial charge in [-0.3, -0.25) is 0 Å². The lowest BCUT2D eigenvalue weighted by atomic mass is 9.84. The van der Waals surface area contributed by atoms with E-state index in [1.807, 2.05) is 0 Å². The van der Waals surface area contributed by atoms with Crippen LogP contribution in [0.5, 0.6) is 0 Å². The fourth-order valence-corrected chi connectivity index (χ4v) is 4.16. The van der Waals surface area contributed by atoms with Gasteiger partial charge in [0.15, 0.2) is 0 Å². The van der Waals surface area contributed by atoms with Gasteiger partial charge in [0.1, 0.15) is 0 Å². The van der Waals surface area contributed by atoms with Crippen LogP contribution in [0.3, 0.4) is 0 Å². The minimum absolute atomic E-state index is 0.165. The number of hydrogen-bond donors (Lipinski definition) is 3. The number of unbranched alkanes of at least 4 members (excludes halogenated alkanes) is 12. The minimum Gasteiger partial charge on any atom is -0.654 e. The van der Waals surface area contributed by atoms with E-state index in [0.717, 1.165) is 25.7 Å². The lowest BCUT2D eigenvalue weighted by molar-refractivity contribution is -0.174. The van der Waals surface area contributed by atoms with Crippen molar-refractivity contribution >= 4 is 7.82 Å². The van der Waals surface area contributed by atoms with Crippen LogP contribution in [0.2, 0.25) is 0 Å². The Morgan fingerprint density at radius 3 is 1.20 bits per heavy atom. The average molecular weight is 545 g/mol. The smallest absolute Gasteiger partial charge is 0.466 e. The van der Waals surface area contributed by atoms with Gasteiger partial charge in [0.2, 0.25) is 0 Å². The van der Waals surface area contributed by atoms with Crippen molar-refractivity contribution in [1.29, 1.82) is 0 Å². The van der Waals surface area contributed by atoms with E-state index in [9.17, 15) is 26.3 Å². The van der Waals surface area contributed by atoms with Gasteiger partial charge in [-0.25, -0.2) is 4.57 Å². The van der Waals surface area contributed by atoms with E-state index in [-0.39, 0.29) is 6.42 Å². The van der Waals surface area contributed by atoms with Crippen LogP contribution in [-0.2, 0) is 4.57 Å². The maximum atomic E-state index is 13.0. The second-order valence-corrected chi connectivity index (χ2v) is 10.6. The van der Waals surface area contributed by atoms with Crippen LogP contribution < -0.4 is 0 Å². The van der Waals surface area contributed by atoms with Gasteiger partial charge in [-0.15, -0.1) is 11.6 Å².